The molecule has 0 spiro atoms. The Labute approximate surface area is 142 Å². The number of sulfone groups is 1. The first-order chi connectivity index (χ1) is 11.5. The third-order valence-electron chi connectivity index (χ3n) is 4.25. The molecule has 1 atom stereocenters. The van der Waals surface area contributed by atoms with Gasteiger partial charge in [-0.3, -0.25) is 4.79 Å². The van der Waals surface area contributed by atoms with Gasteiger partial charge in [0.15, 0.2) is 9.84 Å². The van der Waals surface area contributed by atoms with Crippen molar-refractivity contribution in [2.45, 2.75) is 42.2 Å². The summed E-state index contributed by atoms with van der Waals surface area (Å²) < 4.78 is 29.6. The molecule has 1 aliphatic carbocycles. The molecule has 0 radical (unpaired) electrons. The first-order valence-electron chi connectivity index (χ1n) is 8.15. The summed E-state index contributed by atoms with van der Waals surface area (Å²) in [5.74, 6) is -0.455. The summed E-state index contributed by atoms with van der Waals surface area (Å²) >= 11 is 0. The molecule has 1 saturated carbocycles. The average Bonchev–Trinajstić information content (AvgIpc) is 3.30. The van der Waals surface area contributed by atoms with Crippen molar-refractivity contribution in [2.75, 3.05) is 6.61 Å². The number of ether oxygens (including phenoxy) is 1. The number of hydrogen-bond acceptors (Lipinski definition) is 4. The first kappa shape index (κ1) is 16.8. The van der Waals surface area contributed by atoms with Crippen molar-refractivity contribution in [1.82, 2.24) is 4.98 Å². The Morgan fingerprint density at radius 2 is 1.96 bits per heavy atom. The SMILES string of the molecule is CCOC(=O)CC(c1ccc(S(=O)(=O)C2CC2)cc1)c1ccc[nH]1. The summed E-state index contributed by atoms with van der Waals surface area (Å²) in [6, 6.07) is 10.7. The predicted molar refractivity (Wildman–Crippen MR) is 90.5 cm³/mol. The number of nitrogens with one attached hydrogen (secondary N) is 1. The highest BCUT2D eigenvalue weighted by atomic mass is 32.2. The summed E-state index contributed by atoms with van der Waals surface area (Å²) in [7, 11) is -3.19. The molecule has 0 aliphatic heterocycles. The van der Waals surface area contributed by atoms with Gasteiger partial charge in [0, 0.05) is 17.8 Å². The van der Waals surface area contributed by atoms with Crippen molar-refractivity contribution in [2.24, 2.45) is 0 Å². The molecule has 0 saturated heterocycles. The van der Waals surface area contributed by atoms with E-state index in [0.717, 1.165) is 24.1 Å². The van der Waals surface area contributed by atoms with Crippen LogP contribution in [0.25, 0.3) is 0 Å². The fourth-order valence-electron chi connectivity index (χ4n) is 2.82. The van der Waals surface area contributed by atoms with E-state index in [0.29, 0.717) is 11.5 Å². The number of aromatic amines is 1. The molecule has 2 aromatic rings. The van der Waals surface area contributed by atoms with E-state index in [2.05, 4.69) is 4.98 Å². The summed E-state index contributed by atoms with van der Waals surface area (Å²) in [6.45, 7) is 2.12. The Kier molecular flexibility index (Phi) is 4.76. The molecule has 1 fully saturated rings. The van der Waals surface area contributed by atoms with Crippen LogP contribution in [0, 0.1) is 0 Å². The van der Waals surface area contributed by atoms with E-state index in [9.17, 15) is 13.2 Å². The van der Waals surface area contributed by atoms with Crippen molar-refractivity contribution in [3.05, 3.63) is 53.9 Å². The van der Waals surface area contributed by atoms with Crippen LogP contribution in [0.1, 0.15) is 43.4 Å². The van der Waals surface area contributed by atoms with E-state index in [1.165, 1.54) is 0 Å². The number of aromatic nitrogens is 1. The van der Waals surface area contributed by atoms with Gasteiger partial charge in [-0.25, -0.2) is 8.42 Å². The fourth-order valence-corrected chi connectivity index (χ4v) is 4.47. The lowest BCUT2D eigenvalue weighted by atomic mass is 9.93. The predicted octanol–water partition coefficient (Wildman–Crippen LogP) is 3.04. The van der Waals surface area contributed by atoms with Crippen LogP contribution in [0.4, 0.5) is 0 Å². The van der Waals surface area contributed by atoms with E-state index >= 15 is 0 Å². The van der Waals surface area contributed by atoms with Gasteiger partial charge in [0.05, 0.1) is 23.2 Å². The minimum absolute atomic E-state index is 0.184. The fraction of sp³-hybridized carbons (Fsp3) is 0.389. The van der Waals surface area contributed by atoms with E-state index in [1.807, 2.05) is 12.1 Å². The van der Waals surface area contributed by atoms with E-state index < -0.39 is 9.84 Å². The van der Waals surface area contributed by atoms with Crippen molar-refractivity contribution < 1.29 is 17.9 Å². The van der Waals surface area contributed by atoms with E-state index in [1.54, 1.807) is 37.4 Å². The highest BCUT2D eigenvalue weighted by Gasteiger charge is 2.36. The maximum Gasteiger partial charge on any atom is 0.306 e. The number of benzene rings is 1. The maximum atomic E-state index is 12.3. The average molecular weight is 347 g/mol. The Balaban J connectivity index is 1.86. The van der Waals surface area contributed by atoms with Gasteiger partial charge < -0.3 is 9.72 Å². The molecule has 3 rings (SSSR count). The summed E-state index contributed by atoms with van der Waals surface area (Å²) in [5.41, 5.74) is 1.79. The molecule has 1 unspecified atom stereocenters. The van der Waals surface area contributed by atoms with Crippen LogP contribution in [0.5, 0.6) is 0 Å². The minimum atomic E-state index is -3.19. The first-order valence-corrected chi connectivity index (χ1v) is 9.69. The molecule has 1 N–H and O–H groups in total. The summed E-state index contributed by atoms with van der Waals surface area (Å²) in [4.78, 5) is 15.4. The molecule has 5 nitrogen and oxygen atoms in total. The standard InChI is InChI=1S/C18H21NO4S/c1-2-23-18(20)12-16(17-4-3-11-19-17)13-5-7-14(8-6-13)24(21,22)15-9-10-15/h3-8,11,15-16,19H,2,9-10,12H2,1H3. The van der Waals surface area contributed by atoms with Gasteiger partial charge in [-0.15, -0.1) is 0 Å². The van der Waals surface area contributed by atoms with Gasteiger partial charge in [0.1, 0.15) is 0 Å². The summed E-state index contributed by atoms with van der Waals surface area (Å²) in [6.07, 6.45) is 3.51. The van der Waals surface area contributed by atoms with Crippen molar-refractivity contribution in [1.29, 1.82) is 0 Å². The maximum absolute atomic E-state index is 12.3. The molecule has 1 aromatic heterocycles. The Bertz CT molecular complexity index is 790. The molecular weight excluding hydrogens is 326 g/mol. The monoisotopic (exact) mass is 347 g/mol. The minimum Gasteiger partial charge on any atom is -0.466 e. The van der Waals surface area contributed by atoms with Crippen LogP contribution in [-0.2, 0) is 19.4 Å². The lowest BCUT2D eigenvalue weighted by Crippen LogP contribution is -2.12. The highest BCUT2D eigenvalue weighted by molar-refractivity contribution is 7.92. The molecule has 1 aliphatic rings. The second-order valence-corrected chi connectivity index (χ2v) is 8.23. The van der Waals surface area contributed by atoms with Gasteiger partial charge in [-0.2, -0.15) is 0 Å². The van der Waals surface area contributed by atoms with Gasteiger partial charge in [-0.05, 0) is 49.6 Å². The van der Waals surface area contributed by atoms with Crippen LogP contribution in [0.3, 0.4) is 0 Å². The van der Waals surface area contributed by atoms with Gasteiger partial charge in [0.2, 0.25) is 0 Å². The third kappa shape index (κ3) is 3.53. The zero-order valence-corrected chi connectivity index (χ0v) is 14.4. The van der Waals surface area contributed by atoms with E-state index in [-0.39, 0.29) is 23.6 Å². The van der Waals surface area contributed by atoms with Crippen LogP contribution < -0.4 is 0 Å². The van der Waals surface area contributed by atoms with Crippen LogP contribution in [-0.4, -0.2) is 31.2 Å². The Hall–Kier alpha value is -2.08. The number of carbonyl (C=O) groups is 1. The van der Waals surface area contributed by atoms with Gasteiger partial charge in [-0.1, -0.05) is 12.1 Å². The Morgan fingerprint density at radius 1 is 1.25 bits per heavy atom. The van der Waals surface area contributed by atoms with Crippen LogP contribution in [0.15, 0.2) is 47.5 Å². The largest absolute Gasteiger partial charge is 0.466 e. The number of esters is 1. The second-order valence-electron chi connectivity index (χ2n) is 6.00. The third-order valence-corrected chi connectivity index (χ3v) is 6.53. The molecular formula is C18H21NO4S. The smallest absolute Gasteiger partial charge is 0.306 e. The molecule has 1 aromatic carbocycles. The molecule has 1 heterocycles. The van der Waals surface area contributed by atoms with Gasteiger partial charge in [0.25, 0.3) is 0 Å². The topological polar surface area (TPSA) is 76.2 Å². The molecule has 0 amide bonds. The van der Waals surface area contributed by atoms with Crippen molar-refractivity contribution >= 4 is 15.8 Å². The molecule has 128 valence electrons. The van der Waals surface area contributed by atoms with Crippen LogP contribution in [0.2, 0.25) is 0 Å². The van der Waals surface area contributed by atoms with Crippen molar-refractivity contribution in [3.8, 4) is 0 Å². The van der Waals surface area contributed by atoms with Gasteiger partial charge >= 0.3 is 5.97 Å². The zero-order valence-electron chi connectivity index (χ0n) is 13.6. The number of hydrogen-bond donors (Lipinski definition) is 1. The number of rotatable bonds is 7. The van der Waals surface area contributed by atoms with E-state index in [4.69, 9.17) is 4.74 Å². The zero-order chi connectivity index (χ0) is 17.2. The molecule has 6 heteroatoms. The number of carbonyl (C=O) groups excluding carboxylic acids is 1. The second kappa shape index (κ2) is 6.81. The Morgan fingerprint density at radius 3 is 2.50 bits per heavy atom. The normalized spacial score (nSPS) is 15.9. The quantitative estimate of drug-likeness (QED) is 0.781. The molecule has 24 heavy (non-hydrogen) atoms. The molecule has 0 bridgehead atoms. The van der Waals surface area contributed by atoms with Crippen molar-refractivity contribution in [3.63, 3.8) is 0 Å². The van der Waals surface area contributed by atoms with Crippen LogP contribution >= 0.6 is 0 Å². The lowest BCUT2D eigenvalue weighted by Gasteiger charge is -2.16. The summed E-state index contributed by atoms with van der Waals surface area (Å²) in [5, 5.41) is -0.220. The number of H-pyrrole nitrogens is 1. The lowest BCUT2D eigenvalue weighted by molar-refractivity contribution is -0.143. The highest BCUT2D eigenvalue weighted by Crippen LogP contribution is 2.34.